The lowest BCUT2D eigenvalue weighted by Gasteiger charge is -2.20. The van der Waals surface area contributed by atoms with Gasteiger partial charge in [-0.1, -0.05) is 6.92 Å². The van der Waals surface area contributed by atoms with Gasteiger partial charge in [-0.3, -0.25) is 4.79 Å². The standard InChI is InChI=1S/C14H17NO4S/c1-2-7-19-11-5-3-10(4-6-11)13(16)15-9-20-8-12(15)14(17)18/h3-6,12H,2,7-9H2,1H3,(H,17,18). The van der Waals surface area contributed by atoms with Crippen LogP contribution in [-0.4, -0.2) is 46.2 Å². The van der Waals surface area contributed by atoms with Crippen molar-refractivity contribution >= 4 is 23.6 Å². The number of carbonyl (C=O) groups is 2. The number of benzene rings is 1. The number of ether oxygens (including phenoxy) is 1. The highest BCUT2D eigenvalue weighted by Crippen LogP contribution is 2.24. The third-order valence-corrected chi connectivity index (χ3v) is 4.01. The quantitative estimate of drug-likeness (QED) is 0.901. The molecule has 1 unspecified atom stereocenters. The molecule has 0 spiro atoms. The predicted molar refractivity (Wildman–Crippen MR) is 77.1 cm³/mol. The highest BCUT2D eigenvalue weighted by Gasteiger charge is 2.34. The number of nitrogens with zero attached hydrogens (tertiary/aromatic N) is 1. The number of carbonyl (C=O) groups excluding carboxylic acids is 1. The van der Waals surface area contributed by atoms with Gasteiger partial charge in [-0.15, -0.1) is 11.8 Å². The van der Waals surface area contributed by atoms with E-state index in [0.29, 0.717) is 29.5 Å². The van der Waals surface area contributed by atoms with Crippen LogP contribution in [-0.2, 0) is 4.79 Å². The summed E-state index contributed by atoms with van der Waals surface area (Å²) in [6.45, 7) is 2.66. The molecule has 1 aromatic rings. The zero-order chi connectivity index (χ0) is 14.5. The van der Waals surface area contributed by atoms with Crippen LogP contribution in [0.3, 0.4) is 0 Å². The summed E-state index contributed by atoms with van der Waals surface area (Å²) >= 11 is 1.46. The highest BCUT2D eigenvalue weighted by atomic mass is 32.2. The smallest absolute Gasteiger partial charge is 0.327 e. The van der Waals surface area contributed by atoms with E-state index in [1.807, 2.05) is 6.92 Å². The van der Waals surface area contributed by atoms with Crippen LogP contribution in [0.1, 0.15) is 23.7 Å². The van der Waals surface area contributed by atoms with E-state index in [4.69, 9.17) is 9.84 Å². The van der Waals surface area contributed by atoms with Gasteiger partial charge in [0.05, 0.1) is 12.5 Å². The number of rotatable bonds is 5. The summed E-state index contributed by atoms with van der Waals surface area (Å²) < 4.78 is 5.45. The Kier molecular flexibility index (Phi) is 4.89. The summed E-state index contributed by atoms with van der Waals surface area (Å²) in [5, 5.41) is 9.09. The van der Waals surface area contributed by atoms with Crippen LogP contribution >= 0.6 is 11.8 Å². The van der Waals surface area contributed by atoms with Gasteiger partial charge in [0, 0.05) is 11.3 Å². The van der Waals surface area contributed by atoms with Crippen molar-refractivity contribution in [3.63, 3.8) is 0 Å². The molecule has 1 amide bonds. The fourth-order valence-electron chi connectivity index (χ4n) is 1.93. The first-order valence-corrected chi connectivity index (χ1v) is 7.63. The van der Waals surface area contributed by atoms with Crippen LogP contribution in [0, 0.1) is 0 Å². The molecule has 1 fully saturated rings. The number of hydrogen-bond acceptors (Lipinski definition) is 4. The second-order valence-electron chi connectivity index (χ2n) is 4.50. The number of amides is 1. The predicted octanol–water partition coefficient (Wildman–Crippen LogP) is 2.08. The Morgan fingerprint density at radius 3 is 2.70 bits per heavy atom. The maximum atomic E-state index is 12.3. The first-order chi connectivity index (χ1) is 9.63. The van der Waals surface area contributed by atoms with Crippen molar-refractivity contribution < 1.29 is 19.4 Å². The Balaban J connectivity index is 2.07. The SMILES string of the molecule is CCCOc1ccc(C(=O)N2CSCC2C(=O)O)cc1. The van der Waals surface area contributed by atoms with Crippen LogP contribution in [0.4, 0.5) is 0 Å². The van der Waals surface area contributed by atoms with E-state index in [2.05, 4.69) is 0 Å². The van der Waals surface area contributed by atoms with E-state index in [1.165, 1.54) is 16.7 Å². The molecule has 5 nitrogen and oxygen atoms in total. The molecule has 108 valence electrons. The van der Waals surface area contributed by atoms with Crippen LogP contribution in [0.15, 0.2) is 24.3 Å². The highest BCUT2D eigenvalue weighted by molar-refractivity contribution is 7.99. The van der Waals surface area contributed by atoms with E-state index in [0.717, 1.165) is 6.42 Å². The van der Waals surface area contributed by atoms with E-state index < -0.39 is 12.0 Å². The third kappa shape index (κ3) is 3.25. The van der Waals surface area contributed by atoms with E-state index >= 15 is 0 Å². The van der Waals surface area contributed by atoms with Gasteiger partial charge in [-0.05, 0) is 30.7 Å². The molecule has 1 saturated heterocycles. The minimum atomic E-state index is -0.953. The lowest BCUT2D eigenvalue weighted by molar-refractivity contribution is -0.140. The third-order valence-electron chi connectivity index (χ3n) is 3.00. The number of carboxylic acids is 1. The second-order valence-corrected chi connectivity index (χ2v) is 5.50. The Labute approximate surface area is 121 Å². The molecule has 0 bridgehead atoms. The first-order valence-electron chi connectivity index (χ1n) is 6.48. The van der Waals surface area contributed by atoms with Crippen LogP contribution < -0.4 is 4.74 Å². The van der Waals surface area contributed by atoms with Gasteiger partial charge >= 0.3 is 5.97 Å². The Bertz CT molecular complexity index is 488. The van der Waals surface area contributed by atoms with Crippen LogP contribution in [0.2, 0.25) is 0 Å². The summed E-state index contributed by atoms with van der Waals surface area (Å²) in [5.74, 6) is 0.382. The Morgan fingerprint density at radius 1 is 1.40 bits per heavy atom. The molecule has 0 saturated carbocycles. The van der Waals surface area contributed by atoms with Gasteiger partial charge in [-0.2, -0.15) is 0 Å². The van der Waals surface area contributed by atoms with Crippen molar-refractivity contribution in [2.45, 2.75) is 19.4 Å². The second kappa shape index (κ2) is 6.65. The van der Waals surface area contributed by atoms with E-state index in [9.17, 15) is 9.59 Å². The molecule has 1 aliphatic rings. The zero-order valence-electron chi connectivity index (χ0n) is 11.2. The van der Waals surface area contributed by atoms with Crippen molar-refractivity contribution in [1.29, 1.82) is 0 Å². The molecule has 1 aliphatic heterocycles. The van der Waals surface area contributed by atoms with Gasteiger partial charge in [0.15, 0.2) is 0 Å². The molecule has 1 heterocycles. The molecule has 2 rings (SSSR count). The molecule has 1 N–H and O–H groups in total. The van der Waals surface area contributed by atoms with Gasteiger partial charge in [0.1, 0.15) is 11.8 Å². The molecule has 1 atom stereocenters. The van der Waals surface area contributed by atoms with Crippen molar-refractivity contribution in [1.82, 2.24) is 4.90 Å². The fraction of sp³-hybridized carbons (Fsp3) is 0.429. The number of thioether (sulfide) groups is 1. The van der Waals surface area contributed by atoms with Crippen molar-refractivity contribution in [3.05, 3.63) is 29.8 Å². The van der Waals surface area contributed by atoms with Crippen LogP contribution in [0.5, 0.6) is 5.75 Å². The summed E-state index contributed by atoms with van der Waals surface area (Å²) in [4.78, 5) is 24.8. The normalized spacial score (nSPS) is 18.1. The van der Waals surface area contributed by atoms with Crippen LogP contribution in [0.25, 0.3) is 0 Å². The van der Waals surface area contributed by atoms with E-state index in [-0.39, 0.29) is 5.91 Å². The monoisotopic (exact) mass is 295 g/mol. The van der Waals surface area contributed by atoms with Crippen molar-refractivity contribution in [2.75, 3.05) is 18.2 Å². The summed E-state index contributed by atoms with van der Waals surface area (Å²) in [6, 6.07) is 6.09. The fourth-order valence-corrected chi connectivity index (χ4v) is 3.07. The summed E-state index contributed by atoms with van der Waals surface area (Å²) in [5.41, 5.74) is 0.489. The topological polar surface area (TPSA) is 66.8 Å². The van der Waals surface area contributed by atoms with E-state index in [1.54, 1.807) is 24.3 Å². The number of hydrogen-bond donors (Lipinski definition) is 1. The van der Waals surface area contributed by atoms with Gasteiger partial charge in [-0.25, -0.2) is 4.79 Å². The molecule has 20 heavy (non-hydrogen) atoms. The molecule has 0 aromatic heterocycles. The number of aliphatic carboxylic acids is 1. The lowest BCUT2D eigenvalue weighted by Crippen LogP contribution is -2.41. The summed E-state index contributed by atoms with van der Waals surface area (Å²) in [6.07, 6.45) is 0.923. The van der Waals surface area contributed by atoms with Gasteiger partial charge < -0.3 is 14.7 Å². The molecular formula is C14H17NO4S. The Morgan fingerprint density at radius 2 is 2.10 bits per heavy atom. The maximum Gasteiger partial charge on any atom is 0.327 e. The molecule has 1 aromatic carbocycles. The maximum absolute atomic E-state index is 12.3. The molecular weight excluding hydrogens is 278 g/mol. The van der Waals surface area contributed by atoms with Crippen molar-refractivity contribution in [2.24, 2.45) is 0 Å². The minimum absolute atomic E-state index is 0.246. The minimum Gasteiger partial charge on any atom is -0.494 e. The van der Waals surface area contributed by atoms with Gasteiger partial charge in [0.2, 0.25) is 0 Å². The average Bonchev–Trinajstić information content (AvgIpc) is 2.94. The molecule has 0 aliphatic carbocycles. The summed E-state index contributed by atoms with van der Waals surface area (Å²) in [7, 11) is 0. The number of carboxylic acid groups (broad SMARTS) is 1. The molecule has 0 radical (unpaired) electrons. The largest absolute Gasteiger partial charge is 0.494 e. The lowest BCUT2D eigenvalue weighted by atomic mass is 10.1. The molecule has 6 heteroatoms. The Hall–Kier alpha value is -1.69. The van der Waals surface area contributed by atoms with Crippen molar-refractivity contribution in [3.8, 4) is 5.75 Å². The van der Waals surface area contributed by atoms with Gasteiger partial charge in [0.25, 0.3) is 5.91 Å². The average molecular weight is 295 g/mol. The zero-order valence-corrected chi connectivity index (χ0v) is 12.1. The first kappa shape index (κ1) is 14.7.